The average molecular weight is 352 g/mol. The molecule has 0 amide bonds. The van der Waals surface area contributed by atoms with Crippen LogP contribution in [0.3, 0.4) is 0 Å². The van der Waals surface area contributed by atoms with E-state index in [4.69, 9.17) is 16.3 Å². The molecule has 3 rings (SSSR count). The fourth-order valence-electron chi connectivity index (χ4n) is 2.67. The minimum Gasteiger partial charge on any atom is -0.493 e. The van der Waals surface area contributed by atoms with E-state index in [-0.39, 0.29) is 0 Å². The van der Waals surface area contributed by atoms with E-state index in [0.29, 0.717) is 10.4 Å². The van der Waals surface area contributed by atoms with Gasteiger partial charge in [-0.05, 0) is 63.2 Å². The maximum Gasteiger partial charge on any atom is 0.183 e. The number of nitrogens with one attached hydrogen (secondary N) is 1. The van der Waals surface area contributed by atoms with Gasteiger partial charge in [0.25, 0.3) is 0 Å². The Morgan fingerprint density at radius 2 is 2.04 bits per heavy atom. The first-order chi connectivity index (χ1) is 11.2. The number of ether oxygens (including phenoxy) is 1. The molecule has 124 valence electrons. The molecule has 1 aromatic carbocycles. The van der Waals surface area contributed by atoms with Crippen LogP contribution in [-0.4, -0.2) is 36.6 Å². The largest absolute Gasteiger partial charge is 0.493 e. The third kappa shape index (κ3) is 5.09. The topological polar surface area (TPSA) is 37.4 Å². The Hall–Kier alpha value is -1.30. The first-order valence-electron chi connectivity index (χ1n) is 7.94. The average Bonchev–Trinajstić information content (AvgIpc) is 2.99. The Balaban J connectivity index is 1.43. The highest BCUT2D eigenvalue weighted by Gasteiger charge is 2.17. The summed E-state index contributed by atoms with van der Waals surface area (Å²) in [6.07, 6.45) is 4.26. The van der Waals surface area contributed by atoms with Gasteiger partial charge < -0.3 is 15.0 Å². The predicted molar refractivity (Wildman–Crippen MR) is 96.6 cm³/mol. The van der Waals surface area contributed by atoms with Crippen molar-refractivity contribution in [2.45, 2.75) is 19.4 Å². The van der Waals surface area contributed by atoms with Gasteiger partial charge >= 0.3 is 0 Å². The van der Waals surface area contributed by atoms with Gasteiger partial charge in [-0.25, -0.2) is 4.98 Å². The van der Waals surface area contributed by atoms with Gasteiger partial charge in [0.05, 0.1) is 13.2 Å². The van der Waals surface area contributed by atoms with Gasteiger partial charge in [0.15, 0.2) is 4.47 Å². The molecule has 0 aliphatic carbocycles. The van der Waals surface area contributed by atoms with Crippen LogP contribution in [0.15, 0.2) is 30.5 Å². The Morgan fingerprint density at radius 1 is 1.30 bits per heavy atom. The molecule has 0 saturated carbocycles. The van der Waals surface area contributed by atoms with E-state index in [1.165, 1.54) is 37.3 Å². The second kappa shape index (κ2) is 7.99. The number of hydrogen-bond donors (Lipinski definition) is 1. The van der Waals surface area contributed by atoms with Crippen LogP contribution in [0.1, 0.15) is 17.7 Å². The van der Waals surface area contributed by atoms with Crippen LogP contribution in [-0.2, 0) is 6.54 Å². The van der Waals surface area contributed by atoms with E-state index in [2.05, 4.69) is 22.2 Å². The number of rotatable bonds is 6. The van der Waals surface area contributed by atoms with Crippen LogP contribution in [0.2, 0.25) is 4.47 Å². The van der Waals surface area contributed by atoms with E-state index in [1.54, 1.807) is 6.20 Å². The molecular formula is C17H22ClN3OS. The lowest BCUT2D eigenvalue weighted by atomic mass is 9.98. The van der Waals surface area contributed by atoms with Gasteiger partial charge in [-0.1, -0.05) is 11.6 Å². The lowest BCUT2D eigenvalue weighted by Crippen LogP contribution is -2.32. The fourth-order valence-corrected chi connectivity index (χ4v) is 3.58. The molecule has 1 N–H and O–H groups in total. The molecule has 0 atom stereocenters. The van der Waals surface area contributed by atoms with Crippen molar-refractivity contribution in [3.63, 3.8) is 0 Å². The van der Waals surface area contributed by atoms with Crippen molar-refractivity contribution < 1.29 is 4.74 Å². The fraction of sp³-hybridized carbons (Fsp3) is 0.471. The molecule has 2 aromatic rings. The third-order valence-electron chi connectivity index (χ3n) is 4.17. The molecule has 0 bridgehead atoms. The molecular weight excluding hydrogens is 330 g/mol. The van der Waals surface area contributed by atoms with Crippen molar-refractivity contribution in [1.29, 1.82) is 0 Å². The summed E-state index contributed by atoms with van der Waals surface area (Å²) in [6, 6.07) is 8.15. The lowest BCUT2D eigenvalue weighted by Gasteiger charge is -2.28. The van der Waals surface area contributed by atoms with E-state index in [1.807, 2.05) is 24.3 Å². The number of hydrogen-bond acceptors (Lipinski definition) is 5. The summed E-state index contributed by atoms with van der Waals surface area (Å²) in [7, 11) is 2.18. The van der Waals surface area contributed by atoms with Crippen molar-refractivity contribution >= 4 is 28.6 Å². The van der Waals surface area contributed by atoms with E-state index < -0.39 is 0 Å². The van der Waals surface area contributed by atoms with E-state index >= 15 is 0 Å². The van der Waals surface area contributed by atoms with E-state index in [9.17, 15) is 0 Å². The molecule has 1 fully saturated rings. The quantitative estimate of drug-likeness (QED) is 0.849. The smallest absolute Gasteiger partial charge is 0.183 e. The molecule has 0 spiro atoms. The van der Waals surface area contributed by atoms with Gasteiger partial charge in [-0.15, -0.1) is 11.3 Å². The van der Waals surface area contributed by atoms with Crippen molar-refractivity contribution in [2.24, 2.45) is 5.92 Å². The van der Waals surface area contributed by atoms with Gasteiger partial charge in [-0.2, -0.15) is 0 Å². The summed E-state index contributed by atoms with van der Waals surface area (Å²) >= 11 is 7.33. The van der Waals surface area contributed by atoms with Gasteiger partial charge in [0, 0.05) is 16.8 Å². The Morgan fingerprint density at radius 3 is 2.70 bits per heavy atom. The minimum absolute atomic E-state index is 0.583. The highest BCUT2D eigenvalue weighted by molar-refractivity contribution is 7.15. The monoisotopic (exact) mass is 351 g/mol. The lowest BCUT2D eigenvalue weighted by molar-refractivity contribution is 0.160. The summed E-state index contributed by atoms with van der Waals surface area (Å²) in [6.45, 7) is 3.91. The van der Waals surface area contributed by atoms with Crippen LogP contribution in [0.5, 0.6) is 5.75 Å². The molecule has 0 radical (unpaired) electrons. The number of likely N-dealkylation sites (tertiary alicyclic amines) is 1. The number of benzene rings is 1. The van der Waals surface area contributed by atoms with Crippen LogP contribution >= 0.6 is 22.9 Å². The summed E-state index contributed by atoms with van der Waals surface area (Å²) in [5.41, 5.74) is 1.07. The number of thiazole rings is 1. The van der Waals surface area contributed by atoms with Crippen LogP contribution in [0.4, 0.5) is 5.69 Å². The highest BCUT2D eigenvalue weighted by Crippen LogP contribution is 2.22. The standard InChI is InChI=1S/C17H22ClN3OS/c1-21-8-6-13(7-9-21)12-22-15-4-2-14(3-5-15)19-10-16-11-20-17(18)23-16/h2-5,11,13,19H,6-10,12H2,1H3. The van der Waals surface area contributed by atoms with Crippen LogP contribution in [0, 0.1) is 5.92 Å². The zero-order valence-corrected chi connectivity index (χ0v) is 14.9. The first-order valence-corrected chi connectivity index (χ1v) is 9.14. The number of anilines is 1. The summed E-state index contributed by atoms with van der Waals surface area (Å²) in [5.74, 6) is 1.62. The molecule has 6 heteroatoms. The van der Waals surface area contributed by atoms with Crippen LogP contribution < -0.4 is 10.1 Å². The second-order valence-electron chi connectivity index (χ2n) is 6.02. The second-order valence-corrected chi connectivity index (χ2v) is 7.71. The van der Waals surface area contributed by atoms with Gasteiger partial charge in [0.1, 0.15) is 5.75 Å². The SMILES string of the molecule is CN1CCC(COc2ccc(NCc3cnc(Cl)s3)cc2)CC1. The molecule has 2 heterocycles. The first kappa shape index (κ1) is 16.6. The summed E-state index contributed by atoms with van der Waals surface area (Å²) < 4.78 is 6.51. The zero-order chi connectivity index (χ0) is 16.1. The number of piperidine rings is 1. The molecule has 1 aliphatic rings. The third-order valence-corrected chi connectivity index (χ3v) is 5.29. The van der Waals surface area contributed by atoms with Crippen molar-refractivity contribution in [1.82, 2.24) is 9.88 Å². The van der Waals surface area contributed by atoms with Gasteiger partial charge in [0.2, 0.25) is 0 Å². The number of aromatic nitrogens is 1. The number of halogens is 1. The molecule has 1 saturated heterocycles. The van der Waals surface area contributed by atoms with Gasteiger partial charge in [-0.3, -0.25) is 0 Å². The highest BCUT2D eigenvalue weighted by atomic mass is 35.5. The summed E-state index contributed by atoms with van der Waals surface area (Å²) in [4.78, 5) is 7.54. The van der Waals surface area contributed by atoms with Crippen molar-refractivity contribution in [2.75, 3.05) is 32.1 Å². The van der Waals surface area contributed by atoms with Crippen molar-refractivity contribution in [3.8, 4) is 5.75 Å². The minimum atomic E-state index is 0.583. The van der Waals surface area contributed by atoms with E-state index in [0.717, 1.165) is 29.5 Å². The molecule has 4 nitrogen and oxygen atoms in total. The Kier molecular flexibility index (Phi) is 5.75. The maximum absolute atomic E-state index is 5.93. The molecule has 1 aromatic heterocycles. The Labute approximate surface area is 146 Å². The maximum atomic E-state index is 5.93. The number of nitrogens with zero attached hydrogens (tertiary/aromatic N) is 2. The van der Waals surface area contributed by atoms with Crippen LogP contribution in [0.25, 0.3) is 0 Å². The molecule has 0 unspecified atom stereocenters. The Bertz CT molecular complexity index is 609. The normalized spacial score (nSPS) is 16.4. The van der Waals surface area contributed by atoms with Crippen molar-refractivity contribution in [3.05, 3.63) is 39.8 Å². The molecule has 1 aliphatic heterocycles. The summed E-state index contributed by atoms with van der Waals surface area (Å²) in [5, 5.41) is 3.36. The zero-order valence-electron chi connectivity index (χ0n) is 13.3. The molecule has 23 heavy (non-hydrogen) atoms. The predicted octanol–water partition coefficient (Wildman–Crippen LogP) is 4.13.